The number of piperidine rings is 1. The molecule has 2 N–H and O–H groups in total. The van der Waals surface area contributed by atoms with E-state index in [1.165, 1.54) is 7.11 Å². The molecule has 1 amide bonds. The van der Waals surface area contributed by atoms with E-state index in [-0.39, 0.29) is 30.6 Å². The Balaban J connectivity index is 1.58. The number of amides is 1. The van der Waals surface area contributed by atoms with E-state index in [2.05, 4.69) is 21.8 Å². The fourth-order valence-corrected chi connectivity index (χ4v) is 5.69. The van der Waals surface area contributed by atoms with E-state index in [0.29, 0.717) is 41.6 Å². The number of likely N-dealkylation sites (tertiary alicyclic amines) is 1. The van der Waals surface area contributed by atoms with E-state index in [1.807, 2.05) is 36.1 Å². The maximum Gasteiger partial charge on any atom is 0.257 e. The number of aryl methyl sites for hydroxylation is 1. The van der Waals surface area contributed by atoms with Gasteiger partial charge in [0.15, 0.2) is 0 Å². The number of benzene rings is 1. The number of carbonyl (C=O) groups is 1. The van der Waals surface area contributed by atoms with Crippen molar-refractivity contribution in [3.05, 3.63) is 63.2 Å². The molecule has 3 heterocycles. The zero-order chi connectivity index (χ0) is 26.9. The molecule has 0 unspecified atom stereocenters. The predicted octanol–water partition coefficient (Wildman–Crippen LogP) is 4.81. The normalized spacial score (nSPS) is 16.2. The van der Waals surface area contributed by atoms with Crippen molar-refractivity contribution in [3.63, 3.8) is 0 Å². The van der Waals surface area contributed by atoms with Crippen LogP contribution in [0.25, 0.3) is 10.9 Å². The molecule has 0 bridgehead atoms. The average Bonchev–Trinajstić information content (AvgIpc) is 3.13. The first-order valence-electron chi connectivity index (χ1n) is 12.7. The number of ether oxygens (including phenoxy) is 1. The summed E-state index contributed by atoms with van der Waals surface area (Å²) in [4.78, 5) is 30.5. The van der Waals surface area contributed by atoms with Crippen molar-refractivity contribution in [1.82, 2.24) is 19.8 Å². The number of hydrogen-bond donors (Lipinski definition) is 2. The lowest BCUT2D eigenvalue weighted by Crippen LogP contribution is -2.41. The van der Waals surface area contributed by atoms with Gasteiger partial charge in [-0.3, -0.25) is 14.5 Å². The van der Waals surface area contributed by atoms with Gasteiger partial charge < -0.3 is 19.6 Å². The van der Waals surface area contributed by atoms with Crippen LogP contribution in [0.1, 0.15) is 60.0 Å². The molecular formula is C28H36F2N4O3. The third-order valence-corrected chi connectivity index (χ3v) is 7.48. The second-order valence-corrected chi connectivity index (χ2v) is 10.3. The number of aromatic nitrogens is 2. The minimum Gasteiger partial charge on any atom is -0.496 e. The lowest BCUT2D eigenvalue weighted by Gasteiger charge is -2.37. The van der Waals surface area contributed by atoms with Gasteiger partial charge in [-0.25, -0.2) is 8.78 Å². The fraction of sp³-hybridized carbons (Fsp3) is 0.500. The largest absolute Gasteiger partial charge is 0.496 e. The molecule has 4 rings (SSSR count). The number of para-hydroxylation sites is 1. The minimum absolute atomic E-state index is 0.0344. The average molecular weight is 515 g/mol. The Morgan fingerprint density at radius 3 is 2.57 bits per heavy atom. The highest BCUT2D eigenvalue weighted by atomic mass is 19.3. The van der Waals surface area contributed by atoms with Gasteiger partial charge in [0.1, 0.15) is 5.75 Å². The molecule has 1 aromatic carbocycles. The number of hydrogen-bond acceptors (Lipinski definition) is 4. The highest BCUT2D eigenvalue weighted by molar-refractivity contribution is 6.08. The van der Waals surface area contributed by atoms with Crippen LogP contribution in [0.5, 0.6) is 5.75 Å². The molecule has 1 atom stereocenters. The van der Waals surface area contributed by atoms with Crippen molar-refractivity contribution in [1.29, 1.82) is 0 Å². The van der Waals surface area contributed by atoms with E-state index in [1.54, 1.807) is 13.0 Å². The summed E-state index contributed by atoms with van der Waals surface area (Å²) in [5.74, 6) is -2.22. The molecule has 7 nitrogen and oxygen atoms in total. The van der Waals surface area contributed by atoms with E-state index < -0.39 is 5.92 Å². The van der Waals surface area contributed by atoms with Crippen LogP contribution < -0.4 is 15.6 Å². The highest BCUT2D eigenvalue weighted by Crippen LogP contribution is 2.36. The molecule has 0 radical (unpaired) electrons. The van der Waals surface area contributed by atoms with Crippen LogP contribution in [-0.2, 0) is 6.54 Å². The molecule has 1 aliphatic heterocycles. The first-order valence-corrected chi connectivity index (χ1v) is 12.7. The number of H-pyrrole nitrogens is 1. The lowest BCUT2D eigenvalue weighted by atomic mass is 9.89. The zero-order valence-electron chi connectivity index (χ0n) is 22.2. The van der Waals surface area contributed by atoms with E-state index in [0.717, 1.165) is 36.4 Å². The number of halogens is 2. The first kappa shape index (κ1) is 26.9. The Morgan fingerprint density at radius 1 is 1.24 bits per heavy atom. The molecule has 200 valence electrons. The molecule has 37 heavy (non-hydrogen) atoms. The summed E-state index contributed by atoms with van der Waals surface area (Å²) < 4.78 is 34.5. The Kier molecular flexibility index (Phi) is 7.73. The Hall–Kier alpha value is -3.20. The van der Waals surface area contributed by atoms with Gasteiger partial charge >= 0.3 is 0 Å². The van der Waals surface area contributed by atoms with Gasteiger partial charge in [-0.15, -0.1) is 0 Å². The number of carbonyl (C=O) groups excluding carboxylic acids is 1. The molecule has 0 spiro atoms. The Morgan fingerprint density at radius 2 is 1.92 bits per heavy atom. The van der Waals surface area contributed by atoms with Crippen molar-refractivity contribution < 1.29 is 18.3 Å². The number of pyridine rings is 1. The van der Waals surface area contributed by atoms with Gasteiger partial charge in [-0.05, 0) is 64.8 Å². The lowest BCUT2D eigenvalue weighted by molar-refractivity contribution is -0.0239. The van der Waals surface area contributed by atoms with Crippen molar-refractivity contribution >= 4 is 16.8 Å². The monoisotopic (exact) mass is 514 g/mol. The molecule has 1 aliphatic rings. The Labute approximate surface area is 215 Å². The van der Waals surface area contributed by atoms with Gasteiger partial charge in [0.25, 0.3) is 17.4 Å². The van der Waals surface area contributed by atoms with Crippen LogP contribution in [0.2, 0.25) is 0 Å². The van der Waals surface area contributed by atoms with Crippen molar-refractivity contribution in [3.8, 4) is 5.75 Å². The summed E-state index contributed by atoms with van der Waals surface area (Å²) in [6.07, 6.45) is 1.64. The number of alkyl halides is 2. The standard InChI is InChI=1S/C28H36F2N4O3/c1-17-14-24(37-5)22(26(35)32-17)15-31-27(36)25-19(3)34(23-9-7-6-8-21(23)25)18(2)20-10-12-33(13-11-20)16-28(4,29)30/h6-9,14,18,20H,10-13,15-16H2,1-5H3,(H,31,36)(H,32,35)/t18-/m1/s1. The summed E-state index contributed by atoms with van der Waals surface area (Å²) in [5, 5.41) is 3.76. The molecule has 1 saturated heterocycles. The van der Waals surface area contributed by atoms with Crippen LogP contribution in [0, 0.1) is 19.8 Å². The van der Waals surface area contributed by atoms with Gasteiger partial charge in [-0.2, -0.15) is 0 Å². The van der Waals surface area contributed by atoms with Crippen LogP contribution in [0.15, 0.2) is 35.1 Å². The second kappa shape index (κ2) is 10.7. The van der Waals surface area contributed by atoms with Crippen LogP contribution in [0.4, 0.5) is 8.78 Å². The second-order valence-electron chi connectivity index (χ2n) is 10.3. The molecule has 1 fully saturated rings. The summed E-state index contributed by atoms with van der Waals surface area (Å²) in [5.41, 5.74) is 3.13. The topological polar surface area (TPSA) is 79.4 Å². The predicted molar refractivity (Wildman–Crippen MR) is 141 cm³/mol. The number of methoxy groups -OCH3 is 1. The maximum atomic E-state index is 13.5. The van der Waals surface area contributed by atoms with Crippen LogP contribution in [0.3, 0.4) is 0 Å². The van der Waals surface area contributed by atoms with E-state index >= 15 is 0 Å². The number of fused-ring (bicyclic) bond motifs is 1. The third kappa shape index (κ3) is 5.71. The summed E-state index contributed by atoms with van der Waals surface area (Å²) >= 11 is 0. The van der Waals surface area contributed by atoms with Crippen LogP contribution >= 0.6 is 0 Å². The number of rotatable bonds is 8. The minimum atomic E-state index is -2.69. The van der Waals surface area contributed by atoms with E-state index in [9.17, 15) is 18.4 Å². The number of aromatic amines is 1. The molecule has 0 aliphatic carbocycles. The smallest absolute Gasteiger partial charge is 0.257 e. The van der Waals surface area contributed by atoms with Gasteiger partial charge in [0.2, 0.25) is 0 Å². The number of nitrogens with one attached hydrogen (secondary N) is 2. The molecular weight excluding hydrogens is 478 g/mol. The van der Waals surface area contributed by atoms with Crippen molar-refractivity contribution in [2.24, 2.45) is 5.92 Å². The first-order chi connectivity index (χ1) is 17.5. The summed E-state index contributed by atoms with van der Waals surface area (Å²) in [6.45, 7) is 7.92. The number of nitrogens with zero attached hydrogens (tertiary/aromatic N) is 2. The molecule has 2 aromatic heterocycles. The molecule has 9 heteroatoms. The fourth-order valence-electron chi connectivity index (χ4n) is 5.69. The maximum absolute atomic E-state index is 13.5. The molecule has 0 saturated carbocycles. The zero-order valence-corrected chi connectivity index (χ0v) is 22.2. The molecule has 3 aromatic rings. The highest BCUT2D eigenvalue weighted by Gasteiger charge is 2.32. The van der Waals surface area contributed by atoms with Crippen molar-refractivity contribution in [2.75, 3.05) is 26.7 Å². The van der Waals surface area contributed by atoms with Crippen molar-refractivity contribution in [2.45, 2.75) is 59.0 Å². The summed E-state index contributed by atoms with van der Waals surface area (Å²) in [7, 11) is 1.50. The van der Waals surface area contributed by atoms with Gasteiger partial charge in [0.05, 0.1) is 31.3 Å². The SMILES string of the molecule is COc1cc(C)[nH]c(=O)c1CNC(=O)c1c(C)n([C@H](C)C2CCN(CC(C)(F)F)CC2)c2ccccc12. The van der Waals surface area contributed by atoms with Crippen LogP contribution in [-0.4, -0.2) is 53.0 Å². The summed E-state index contributed by atoms with van der Waals surface area (Å²) in [6, 6.07) is 9.63. The third-order valence-electron chi connectivity index (χ3n) is 7.48. The Bertz CT molecular complexity index is 1330. The quantitative estimate of drug-likeness (QED) is 0.452. The van der Waals surface area contributed by atoms with Gasteiger partial charge in [0, 0.05) is 35.3 Å². The van der Waals surface area contributed by atoms with E-state index in [4.69, 9.17) is 4.74 Å². The van der Waals surface area contributed by atoms with Gasteiger partial charge in [-0.1, -0.05) is 18.2 Å².